The van der Waals surface area contributed by atoms with Crippen molar-refractivity contribution >= 4 is 35.6 Å². The highest BCUT2D eigenvalue weighted by Gasteiger charge is 2.26. The van der Waals surface area contributed by atoms with Crippen LogP contribution in [0.2, 0.25) is 0 Å². The number of likely N-dealkylation sites (tertiary alicyclic amines) is 1. The Morgan fingerprint density at radius 2 is 2.12 bits per heavy atom. The highest BCUT2D eigenvalue weighted by Crippen LogP contribution is 2.18. The van der Waals surface area contributed by atoms with Crippen LogP contribution in [0.4, 0.5) is 0 Å². The summed E-state index contributed by atoms with van der Waals surface area (Å²) in [5.74, 6) is 0.332. The van der Waals surface area contributed by atoms with Gasteiger partial charge >= 0.3 is 0 Å². The van der Waals surface area contributed by atoms with E-state index in [-0.39, 0.29) is 36.2 Å². The number of carbonyl (C=O) groups excluding carboxylic acids is 2. The van der Waals surface area contributed by atoms with Crippen molar-refractivity contribution in [2.45, 2.75) is 45.1 Å². The van der Waals surface area contributed by atoms with Gasteiger partial charge in [0, 0.05) is 42.9 Å². The van der Waals surface area contributed by atoms with Gasteiger partial charge in [0.05, 0.1) is 0 Å². The molecule has 1 aromatic heterocycles. The molecule has 1 aromatic rings. The largest absolute Gasteiger partial charge is 0.355 e. The van der Waals surface area contributed by atoms with Crippen LogP contribution >= 0.6 is 23.7 Å². The molecule has 0 radical (unpaired) electrons. The lowest BCUT2D eigenvalue weighted by atomic mass is 9.95. The summed E-state index contributed by atoms with van der Waals surface area (Å²) >= 11 is 1.72. The zero-order chi connectivity index (χ0) is 16.7. The third-order valence-corrected chi connectivity index (χ3v) is 5.22. The second-order valence-corrected chi connectivity index (χ2v) is 7.32. The van der Waals surface area contributed by atoms with E-state index in [1.165, 1.54) is 4.88 Å². The van der Waals surface area contributed by atoms with Gasteiger partial charge in [0.15, 0.2) is 0 Å². The van der Waals surface area contributed by atoms with Gasteiger partial charge in [-0.1, -0.05) is 6.07 Å². The van der Waals surface area contributed by atoms with Gasteiger partial charge in [0.1, 0.15) is 0 Å². The Bertz CT molecular complexity index is 500. The number of hydrogen-bond donors (Lipinski definition) is 2. The minimum atomic E-state index is 0. The number of halogens is 1. The highest BCUT2D eigenvalue weighted by molar-refractivity contribution is 7.09. The zero-order valence-corrected chi connectivity index (χ0v) is 15.8. The number of amides is 2. The second-order valence-electron chi connectivity index (χ2n) is 6.29. The fourth-order valence-corrected chi connectivity index (χ4v) is 3.52. The second kappa shape index (κ2) is 10.7. The average Bonchev–Trinajstić information content (AvgIpc) is 3.06. The number of piperidine rings is 1. The first-order valence-corrected chi connectivity index (χ1v) is 9.27. The van der Waals surface area contributed by atoms with Crippen molar-refractivity contribution < 1.29 is 9.59 Å². The molecule has 1 unspecified atom stereocenters. The van der Waals surface area contributed by atoms with E-state index in [9.17, 15) is 9.59 Å². The third kappa shape index (κ3) is 6.79. The lowest BCUT2D eigenvalue weighted by molar-refractivity contribution is -0.135. The van der Waals surface area contributed by atoms with Gasteiger partial charge in [-0.25, -0.2) is 0 Å². The monoisotopic (exact) mass is 373 g/mol. The Kier molecular flexibility index (Phi) is 9.33. The van der Waals surface area contributed by atoms with Crippen LogP contribution < -0.4 is 11.1 Å². The van der Waals surface area contributed by atoms with E-state index in [0.29, 0.717) is 26.1 Å². The molecule has 1 fully saturated rings. The van der Waals surface area contributed by atoms with Crippen molar-refractivity contribution in [2.24, 2.45) is 11.7 Å². The summed E-state index contributed by atoms with van der Waals surface area (Å²) < 4.78 is 0. The molecule has 2 heterocycles. The number of hydrogen-bond acceptors (Lipinski definition) is 4. The molecule has 0 aromatic carbocycles. The number of carbonyl (C=O) groups is 2. The molecule has 0 bridgehead atoms. The molecule has 0 saturated carbocycles. The van der Waals surface area contributed by atoms with Crippen molar-refractivity contribution in [2.75, 3.05) is 19.6 Å². The maximum atomic E-state index is 12.2. The lowest BCUT2D eigenvalue weighted by Crippen LogP contribution is -2.43. The summed E-state index contributed by atoms with van der Waals surface area (Å²) in [6.07, 6.45) is 3.64. The van der Waals surface area contributed by atoms with E-state index in [1.54, 1.807) is 11.3 Å². The molecule has 24 heavy (non-hydrogen) atoms. The maximum absolute atomic E-state index is 12.2. The predicted molar refractivity (Wildman–Crippen MR) is 100 cm³/mol. The summed E-state index contributed by atoms with van der Waals surface area (Å²) in [4.78, 5) is 27.4. The van der Waals surface area contributed by atoms with E-state index in [4.69, 9.17) is 5.73 Å². The van der Waals surface area contributed by atoms with Gasteiger partial charge in [-0.2, -0.15) is 0 Å². The van der Waals surface area contributed by atoms with Gasteiger partial charge in [0.25, 0.3) is 0 Å². The van der Waals surface area contributed by atoms with Gasteiger partial charge in [-0.15, -0.1) is 23.7 Å². The van der Waals surface area contributed by atoms with Crippen LogP contribution in [-0.2, 0) is 16.0 Å². The molecular weight excluding hydrogens is 346 g/mol. The topological polar surface area (TPSA) is 75.4 Å². The Hall–Kier alpha value is -1.11. The molecule has 5 nitrogen and oxygen atoms in total. The summed E-state index contributed by atoms with van der Waals surface area (Å²) in [5, 5.41) is 5.07. The Labute approximate surface area is 154 Å². The number of nitrogens with zero attached hydrogens (tertiary/aromatic N) is 1. The number of thiophene rings is 1. The molecular formula is C17H28ClN3O2S. The highest BCUT2D eigenvalue weighted by atomic mass is 35.5. The summed E-state index contributed by atoms with van der Waals surface area (Å²) in [6, 6.07) is 4.17. The smallest absolute Gasteiger partial charge is 0.223 e. The van der Waals surface area contributed by atoms with Gasteiger partial charge in [0.2, 0.25) is 11.8 Å². The molecule has 0 spiro atoms. The molecule has 1 atom stereocenters. The standard InChI is InChI=1S/C17H27N3O2S.ClH/c1-13(18)4-5-16(21)20-10-7-14(8-11-20)17(22)19-9-6-15-3-2-12-23-15;/h2-3,12-14H,4-11,18H2,1H3,(H,19,22);1H. The first-order valence-electron chi connectivity index (χ1n) is 8.39. The first kappa shape index (κ1) is 20.9. The predicted octanol–water partition coefficient (Wildman–Crippen LogP) is 2.19. The lowest BCUT2D eigenvalue weighted by Gasteiger charge is -2.31. The van der Waals surface area contributed by atoms with Crippen LogP contribution in [0.15, 0.2) is 17.5 Å². The van der Waals surface area contributed by atoms with Gasteiger partial charge in [-0.05, 0) is 44.1 Å². The Morgan fingerprint density at radius 3 is 2.71 bits per heavy atom. The van der Waals surface area contributed by atoms with E-state index in [2.05, 4.69) is 16.8 Å². The van der Waals surface area contributed by atoms with Crippen molar-refractivity contribution in [3.05, 3.63) is 22.4 Å². The Balaban J connectivity index is 0.00000288. The zero-order valence-electron chi connectivity index (χ0n) is 14.2. The van der Waals surface area contributed by atoms with Crippen LogP contribution in [-0.4, -0.2) is 42.4 Å². The number of rotatable bonds is 7. The van der Waals surface area contributed by atoms with E-state index in [0.717, 1.165) is 25.7 Å². The molecule has 2 amide bonds. The minimum Gasteiger partial charge on any atom is -0.355 e. The van der Waals surface area contributed by atoms with Crippen molar-refractivity contribution in [1.29, 1.82) is 0 Å². The molecule has 3 N–H and O–H groups in total. The van der Waals surface area contributed by atoms with Crippen molar-refractivity contribution in [3.8, 4) is 0 Å². The quantitative estimate of drug-likeness (QED) is 0.769. The molecule has 136 valence electrons. The van der Waals surface area contributed by atoms with Gasteiger partial charge < -0.3 is 16.0 Å². The normalized spacial score (nSPS) is 16.3. The fraction of sp³-hybridized carbons (Fsp3) is 0.647. The molecule has 1 aliphatic heterocycles. The first-order chi connectivity index (χ1) is 11.1. The van der Waals surface area contributed by atoms with Gasteiger partial charge in [-0.3, -0.25) is 9.59 Å². The van der Waals surface area contributed by atoms with Crippen molar-refractivity contribution in [1.82, 2.24) is 10.2 Å². The van der Waals surface area contributed by atoms with Crippen LogP contribution in [0.1, 0.15) is 37.5 Å². The molecule has 7 heteroatoms. The molecule has 1 saturated heterocycles. The average molecular weight is 374 g/mol. The molecule has 1 aliphatic rings. The van der Waals surface area contributed by atoms with Crippen LogP contribution in [0.5, 0.6) is 0 Å². The Morgan fingerprint density at radius 1 is 1.42 bits per heavy atom. The molecule has 0 aliphatic carbocycles. The van der Waals surface area contributed by atoms with Crippen LogP contribution in [0.25, 0.3) is 0 Å². The fourth-order valence-electron chi connectivity index (χ4n) is 2.81. The third-order valence-electron chi connectivity index (χ3n) is 4.28. The number of nitrogens with one attached hydrogen (secondary N) is 1. The minimum absolute atomic E-state index is 0. The van der Waals surface area contributed by atoms with Crippen molar-refractivity contribution in [3.63, 3.8) is 0 Å². The van der Waals surface area contributed by atoms with E-state index < -0.39 is 0 Å². The maximum Gasteiger partial charge on any atom is 0.223 e. The summed E-state index contributed by atoms with van der Waals surface area (Å²) in [6.45, 7) is 3.97. The summed E-state index contributed by atoms with van der Waals surface area (Å²) in [5.41, 5.74) is 5.69. The summed E-state index contributed by atoms with van der Waals surface area (Å²) in [7, 11) is 0. The molecule has 2 rings (SSSR count). The van der Waals surface area contributed by atoms with Crippen LogP contribution in [0, 0.1) is 5.92 Å². The number of nitrogens with two attached hydrogens (primary N) is 1. The van der Waals surface area contributed by atoms with E-state index >= 15 is 0 Å². The SMILES string of the molecule is CC(N)CCC(=O)N1CCC(C(=O)NCCc2cccs2)CC1.Cl. The van der Waals surface area contributed by atoms with Crippen LogP contribution in [0.3, 0.4) is 0 Å². The van der Waals surface area contributed by atoms with E-state index in [1.807, 2.05) is 17.9 Å².